The molecule has 2 aliphatic heterocycles. The third kappa shape index (κ3) is 4.64. The zero-order valence-corrected chi connectivity index (χ0v) is 20.1. The van der Waals surface area contributed by atoms with E-state index in [1.165, 1.54) is 0 Å². The van der Waals surface area contributed by atoms with E-state index in [2.05, 4.69) is 45.1 Å². The molecule has 2 aliphatic rings. The van der Waals surface area contributed by atoms with E-state index >= 15 is 0 Å². The Balaban J connectivity index is 1.13. The van der Waals surface area contributed by atoms with Crippen LogP contribution in [0.1, 0.15) is 6.04 Å². The number of amides is 1. The molecule has 37 heavy (non-hydrogen) atoms. The molecule has 188 valence electrons. The first-order valence-electron chi connectivity index (χ1n) is 12.0. The summed E-state index contributed by atoms with van der Waals surface area (Å²) in [6, 6.07) is 25.1. The van der Waals surface area contributed by atoms with E-state index in [1.807, 2.05) is 30.3 Å². The van der Waals surface area contributed by atoms with Crippen molar-refractivity contribution in [3.05, 3.63) is 78.9 Å². The summed E-state index contributed by atoms with van der Waals surface area (Å²) in [5, 5.41) is 15.1. The molecule has 2 saturated heterocycles. The second-order valence-corrected chi connectivity index (χ2v) is 8.85. The highest BCUT2D eigenvalue weighted by atomic mass is 16.6. The van der Waals surface area contributed by atoms with Crippen LogP contribution in [-0.4, -0.2) is 64.9 Å². The summed E-state index contributed by atoms with van der Waals surface area (Å²) < 4.78 is 24.6. The highest BCUT2D eigenvalue weighted by molar-refractivity contribution is 5.85. The van der Waals surface area contributed by atoms with E-state index in [4.69, 9.17) is 18.9 Å². The Morgan fingerprint density at radius 2 is 1.68 bits per heavy atom. The molecule has 0 bridgehead atoms. The van der Waals surface area contributed by atoms with E-state index in [0.717, 1.165) is 16.7 Å². The molecule has 1 aromatic heterocycles. The van der Waals surface area contributed by atoms with Crippen molar-refractivity contribution in [2.45, 2.75) is 24.4 Å². The zero-order chi connectivity index (χ0) is 25.2. The molecule has 3 heterocycles. The van der Waals surface area contributed by atoms with Gasteiger partial charge in [-0.1, -0.05) is 60.7 Å². The SMILES string of the molecule is COc1cccc(NC(=O)O[C@@H]2CO[C@H]3[C@@H]2OC[C@@H]3n2nnnc2-c2ccc(-c3ccccc3)cc2)c1. The molecule has 4 atom stereocenters. The number of carbonyl (C=O) groups is 1. The number of anilines is 1. The van der Waals surface area contributed by atoms with Gasteiger partial charge in [0.15, 0.2) is 11.9 Å². The second-order valence-electron chi connectivity index (χ2n) is 8.85. The van der Waals surface area contributed by atoms with Crippen LogP contribution in [-0.2, 0) is 14.2 Å². The normalized spacial score (nSPS) is 22.4. The van der Waals surface area contributed by atoms with Crippen molar-refractivity contribution >= 4 is 11.8 Å². The lowest BCUT2D eigenvalue weighted by Crippen LogP contribution is -2.35. The summed E-state index contributed by atoms with van der Waals surface area (Å²) >= 11 is 0. The first-order chi connectivity index (χ1) is 18.2. The smallest absolute Gasteiger partial charge is 0.412 e. The number of aromatic nitrogens is 4. The molecular weight excluding hydrogens is 474 g/mol. The fourth-order valence-electron chi connectivity index (χ4n) is 4.79. The molecule has 1 amide bonds. The summed E-state index contributed by atoms with van der Waals surface area (Å²) in [5.41, 5.74) is 3.71. The number of hydrogen-bond donors (Lipinski definition) is 1. The van der Waals surface area contributed by atoms with E-state index in [9.17, 15) is 4.79 Å². The predicted molar refractivity (Wildman–Crippen MR) is 134 cm³/mol. The lowest BCUT2D eigenvalue weighted by molar-refractivity contribution is 0.00774. The Morgan fingerprint density at radius 3 is 2.49 bits per heavy atom. The Kier molecular flexibility index (Phi) is 6.25. The van der Waals surface area contributed by atoms with E-state index in [0.29, 0.717) is 23.9 Å². The van der Waals surface area contributed by atoms with Gasteiger partial charge in [-0.15, -0.1) is 5.10 Å². The van der Waals surface area contributed by atoms with Crippen molar-refractivity contribution in [2.24, 2.45) is 0 Å². The molecule has 0 radical (unpaired) electrons. The molecule has 0 spiro atoms. The van der Waals surface area contributed by atoms with Crippen molar-refractivity contribution in [1.29, 1.82) is 0 Å². The molecule has 10 heteroatoms. The molecule has 1 N–H and O–H groups in total. The number of methoxy groups -OCH3 is 1. The topological polar surface area (TPSA) is 110 Å². The van der Waals surface area contributed by atoms with E-state index < -0.39 is 18.3 Å². The number of carbonyl (C=O) groups excluding carboxylic acids is 1. The average molecular weight is 500 g/mol. The Bertz CT molecular complexity index is 1380. The van der Waals surface area contributed by atoms with Crippen molar-refractivity contribution in [2.75, 3.05) is 25.6 Å². The fourth-order valence-corrected chi connectivity index (χ4v) is 4.79. The number of nitrogens with one attached hydrogen (secondary N) is 1. The van der Waals surface area contributed by atoms with Gasteiger partial charge in [0, 0.05) is 17.3 Å². The van der Waals surface area contributed by atoms with E-state index in [1.54, 1.807) is 36.1 Å². The van der Waals surface area contributed by atoms with Crippen molar-refractivity contribution in [3.63, 3.8) is 0 Å². The monoisotopic (exact) mass is 499 g/mol. The van der Waals surface area contributed by atoms with Gasteiger partial charge in [-0.25, -0.2) is 9.48 Å². The first kappa shape index (κ1) is 23.1. The fraction of sp³-hybridized carbons (Fsp3) is 0.259. The van der Waals surface area contributed by atoms with Gasteiger partial charge in [0.05, 0.1) is 20.3 Å². The lowest BCUT2D eigenvalue weighted by atomic mass is 10.0. The van der Waals surface area contributed by atoms with Crippen LogP contribution in [0.3, 0.4) is 0 Å². The van der Waals surface area contributed by atoms with Gasteiger partial charge in [0.2, 0.25) is 0 Å². The maximum absolute atomic E-state index is 12.5. The number of rotatable bonds is 6. The molecule has 2 fully saturated rings. The van der Waals surface area contributed by atoms with Crippen LogP contribution in [0.5, 0.6) is 5.75 Å². The molecular formula is C27H25N5O5. The molecule has 4 aromatic rings. The van der Waals surface area contributed by atoms with Crippen LogP contribution in [0, 0.1) is 0 Å². The van der Waals surface area contributed by atoms with Gasteiger partial charge in [0.25, 0.3) is 0 Å². The predicted octanol–water partition coefficient (Wildman–Crippen LogP) is 3.97. The number of ether oxygens (including phenoxy) is 4. The zero-order valence-electron chi connectivity index (χ0n) is 20.1. The number of hydrogen-bond acceptors (Lipinski definition) is 8. The number of nitrogens with zero attached hydrogens (tertiary/aromatic N) is 4. The second kappa shape index (κ2) is 10.00. The van der Waals surface area contributed by atoms with Gasteiger partial charge in [-0.2, -0.15) is 0 Å². The van der Waals surface area contributed by atoms with Crippen LogP contribution in [0.15, 0.2) is 78.9 Å². The van der Waals surface area contributed by atoms with Crippen LogP contribution < -0.4 is 10.1 Å². The minimum Gasteiger partial charge on any atom is -0.497 e. The minimum atomic E-state index is -0.587. The van der Waals surface area contributed by atoms with Crippen molar-refractivity contribution < 1.29 is 23.7 Å². The van der Waals surface area contributed by atoms with Gasteiger partial charge in [0.1, 0.15) is 24.0 Å². The molecule has 0 aliphatic carbocycles. The lowest BCUT2D eigenvalue weighted by Gasteiger charge is -2.18. The highest BCUT2D eigenvalue weighted by Gasteiger charge is 2.51. The standard InChI is InChI=1S/C27H25N5O5/c1-34-21-9-5-8-20(14-21)28-27(33)37-23-16-36-24-22(15-35-25(23)24)32-26(29-30-31-32)19-12-10-18(11-13-19)17-6-3-2-4-7-17/h2-14,22-25H,15-16H2,1H3,(H,28,33)/t22-,23+,24+,25+/m0/s1. The third-order valence-electron chi connectivity index (χ3n) is 6.61. The van der Waals surface area contributed by atoms with Gasteiger partial charge in [-0.3, -0.25) is 5.32 Å². The third-order valence-corrected chi connectivity index (χ3v) is 6.61. The largest absolute Gasteiger partial charge is 0.497 e. The average Bonchev–Trinajstić information content (AvgIpc) is 3.67. The first-order valence-corrected chi connectivity index (χ1v) is 12.0. The highest BCUT2D eigenvalue weighted by Crippen LogP contribution is 2.37. The van der Waals surface area contributed by atoms with Crippen LogP contribution >= 0.6 is 0 Å². The molecule has 0 saturated carbocycles. The van der Waals surface area contributed by atoms with Crippen LogP contribution in [0.4, 0.5) is 10.5 Å². The Morgan fingerprint density at radius 1 is 0.919 bits per heavy atom. The molecule has 0 unspecified atom stereocenters. The summed E-state index contributed by atoms with van der Waals surface area (Å²) in [6.45, 7) is 0.563. The number of tetrazole rings is 1. The summed E-state index contributed by atoms with van der Waals surface area (Å²) in [5.74, 6) is 1.26. The summed E-state index contributed by atoms with van der Waals surface area (Å²) in [4.78, 5) is 12.5. The molecule has 10 nitrogen and oxygen atoms in total. The Labute approximate surface area is 213 Å². The maximum Gasteiger partial charge on any atom is 0.412 e. The van der Waals surface area contributed by atoms with Gasteiger partial charge in [-0.05, 0) is 33.7 Å². The summed E-state index contributed by atoms with van der Waals surface area (Å²) in [7, 11) is 1.57. The van der Waals surface area contributed by atoms with Crippen molar-refractivity contribution in [1.82, 2.24) is 20.2 Å². The number of fused-ring (bicyclic) bond motifs is 1. The quantitative estimate of drug-likeness (QED) is 0.424. The van der Waals surface area contributed by atoms with Gasteiger partial charge >= 0.3 is 6.09 Å². The molecule has 6 rings (SSSR count). The van der Waals surface area contributed by atoms with Gasteiger partial charge < -0.3 is 18.9 Å². The minimum absolute atomic E-state index is 0.223. The maximum atomic E-state index is 12.5. The number of benzene rings is 3. The van der Waals surface area contributed by atoms with Crippen LogP contribution in [0.2, 0.25) is 0 Å². The van der Waals surface area contributed by atoms with Crippen LogP contribution in [0.25, 0.3) is 22.5 Å². The van der Waals surface area contributed by atoms with Crippen molar-refractivity contribution in [3.8, 4) is 28.3 Å². The van der Waals surface area contributed by atoms with E-state index in [-0.39, 0.29) is 18.8 Å². The molecule has 3 aromatic carbocycles. The Hall–Kier alpha value is -4.28. The summed E-state index contributed by atoms with van der Waals surface area (Å²) in [6.07, 6.45) is -1.90.